The van der Waals surface area contributed by atoms with Crippen molar-refractivity contribution in [1.82, 2.24) is 0 Å². The summed E-state index contributed by atoms with van der Waals surface area (Å²) in [5.41, 5.74) is 1.11. The van der Waals surface area contributed by atoms with Gasteiger partial charge in [0.1, 0.15) is 5.75 Å². The van der Waals surface area contributed by atoms with Crippen LogP contribution in [0.5, 0.6) is 17.2 Å². The number of amides is 1. The summed E-state index contributed by atoms with van der Waals surface area (Å²) in [4.78, 5) is 12.3. The van der Waals surface area contributed by atoms with Crippen molar-refractivity contribution in [3.05, 3.63) is 48.0 Å². The number of carbonyl (C=O) groups excluding carboxylic acids is 1. The lowest BCUT2D eigenvalue weighted by Gasteiger charge is -2.08. The summed E-state index contributed by atoms with van der Waals surface area (Å²) >= 11 is 0. The van der Waals surface area contributed by atoms with Gasteiger partial charge in [0.05, 0.1) is 12.7 Å². The number of benzene rings is 2. The molecular formula is C15H13NO4. The van der Waals surface area contributed by atoms with Crippen LogP contribution in [0.25, 0.3) is 0 Å². The van der Waals surface area contributed by atoms with Crippen molar-refractivity contribution in [3.63, 3.8) is 0 Å². The number of anilines is 1. The SMILES string of the molecule is COc1cccc(NC(=O)c2cccc3c2OCO3)c1. The molecule has 0 saturated carbocycles. The van der Waals surface area contributed by atoms with E-state index in [1.165, 1.54) is 0 Å². The molecule has 1 N–H and O–H groups in total. The Morgan fingerprint density at radius 1 is 1.20 bits per heavy atom. The average Bonchev–Trinajstić information content (AvgIpc) is 2.95. The minimum absolute atomic E-state index is 0.138. The number of hydrogen-bond acceptors (Lipinski definition) is 4. The van der Waals surface area contributed by atoms with Crippen molar-refractivity contribution in [2.75, 3.05) is 19.2 Å². The fraction of sp³-hybridized carbons (Fsp3) is 0.133. The molecule has 0 spiro atoms. The van der Waals surface area contributed by atoms with E-state index in [1.54, 1.807) is 37.4 Å². The van der Waals surface area contributed by atoms with Gasteiger partial charge in [-0.1, -0.05) is 12.1 Å². The predicted molar refractivity (Wildman–Crippen MR) is 73.5 cm³/mol. The van der Waals surface area contributed by atoms with Gasteiger partial charge in [0.15, 0.2) is 11.5 Å². The molecule has 0 fully saturated rings. The normalized spacial score (nSPS) is 12.1. The molecule has 1 heterocycles. The number of hydrogen-bond donors (Lipinski definition) is 1. The number of ether oxygens (including phenoxy) is 3. The molecule has 0 bridgehead atoms. The highest BCUT2D eigenvalue weighted by atomic mass is 16.7. The van der Waals surface area contributed by atoms with Gasteiger partial charge in [0.2, 0.25) is 6.79 Å². The third kappa shape index (κ3) is 2.25. The van der Waals surface area contributed by atoms with Crippen molar-refractivity contribution >= 4 is 11.6 Å². The smallest absolute Gasteiger partial charge is 0.259 e. The molecule has 1 amide bonds. The van der Waals surface area contributed by atoms with Gasteiger partial charge in [-0.3, -0.25) is 4.79 Å². The second-order valence-electron chi connectivity index (χ2n) is 4.23. The van der Waals surface area contributed by atoms with Crippen molar-refractivity contribution in [1.29, 1.82) is 0 Å². The average molecular weight is 271 g/mol. The first-order valence-corrected chi connectivity index (χ1v) is 6.12. The fourth-order valence-corrected chi connectivity index (χ4v) is 2.01. The minimum atomic E-state index is -0.249. The Hall–Kier alpha value is -2.69. The van der Waals surface area contributed by atoms with E-state index in [2.05, 4.69) is 5.32 Å². The third-order valence-electron chi connectivity index (χ3n) is 2.97. The van der Waals surface area contributed by atoms with E-state index in [0.29, 0.717) is 28.5 Å². The molecule has 0 atom stereocenters. The molecule has 3 rings (SSSR count). The summed E-state index contributed by atoms with van der Waals surface area (Å²) in [6.07, 6.45) is 0. The van der Waals surface area contributed by atoms with Gasteiger partial charge in [-0.25, -0.2) is 0 Å². The van der Waals surface area contributed by atoms with Crippen LogP contribution in [-0.4, -0.2) is 19.8 Å². The maximum Gasteiger partial charge on any atom is 0.259 e. The maximum atomic E-state index is 12.3. The van der Waals surface area contributed by atoms with E-state index >= 15 is 0 Å². The van der Waals surface area contributed by atoms with E-state index in [-0.39, 0.29) is 12.7 Å². The van der Waals surface area contributed by atoms with Crippen LogP contribution >= 0.6 is 0 Å². The van der Waals surface area contributed by atoms with E-state index < -0.39 is 0 Å². The first-order valence-electron chi connectivity index (χ1n) is 6.12. The molecule has 1 aliphatic heterocycles. The number of para-hydroxylation sites is 1. The highest BCUT2D eigenvalue weighted by molar-refractivity contribution is 6.06. The lowest BCUT2D eigenvalue weighted by Crippen LogP contribution is -2.12. The zero-order valence-corrected chi connectivity index (χ0v) is 10.9. The second kappa shape index (κ2) is 5.13. The summed E-state index contributed by atoms with van der Waals surface area (Å²) < 4.78 is 15.7. The first-order chi connectivity index (χ1) is 9.78. The summed E-state index contributed by atoms with van der Waals surface area (Å²) in [7, 11) is 1.58. The van der Waals surface area contributed by atoms with Crippen LogP contribution in [0, 0.1) is 0 Å². The Labute approximate surface area is 116 Å². The molecule has 20 heavy (non-hydrogen) atoms. The molecule has 0 aliphatic carbocycles. The van der Waals surface area contributed by atoms with Gasteiger partial charge in [0.25, 0.3) is 5.91 Å². The minimum Gasteiger partial charge on any atom is -0.497 e. The Morgan fingerprint density at radius 2 is 2.05 bits per heavy atom. The molecule has 0 saturated heterocycles. The zero-order chi connectivity index (χ0) is 13.9. The van der Waals surface area contributed by atoms with Gasteiger partial charge in [-0.2, -0.15) is 0 Å². The van der Waals surface area contributed by atoms with Gasteiger partial charge < -0.3 is 19.5 Å². The number of fused-ring (bicyclic) bond motifs is 1. The van der Waals surface area contributed by atoms with Crippen LogP contribution in [0.4, 0.5) is 5.69 Å². The Morgan fingerprint density at radius 3 is 2.90 bits per heavy atom. The van der Waals surface area contributed by atoms with E-state index in [9.17, 15) is 4.79 Å². The lowest BCUT2D eigenvalue weighted by molar-refractivity contribution is 0.102. The Kier molecular flexibility index (Phi) is 3.16. The standard InChI is InChI=1S/C15H13NO4/c1-18-11-5-2-4-10(8-11)16-15(17)12-6-3-7-13-14(12)20-9-19-13/h2-8H,9H2,1H3,(H,16,17). The van der Waals surface area contributed by atoms with Crippen LogP contribution in [-0.2, 0) is 0 Å². The van der Waals surface area contributed by atoms with Crippen LogP contribution < -0.4 is 19.5 Å². The van der Waals surface area contributed by atoms with Crippen LogP contribution in [0.2, 0.25) is 0 Å². The van der Waals surface area contributed by atoms with E-state index in [4.69, 9.17) is 14.2 Å². The highest BCUT2D eigenvalue weighted by Crippen LogP contribution is 2.35. The number of rotatable bonds is 3. The predicted octanol–water partition coefficient (Wildman–Crippen LogP) is 2.68. The molecule has 5 nitrogen and oxygen atoms in total. The third-order valence-corrected chi connectivity index (χ3v) is 2.97. The summed E-state index contributed by atoms with van der Waals surface area (Å²) in [5.74, 6) is 1.50. The van der Waals surface area contributed by atoms with Crippen LogP contribution in [0.15, 0.2) is 42.5 Å². The second-order valence-corrected chi connectivity index (χ2v) is 4.23. The number of methoxy groups -OCH3 is 1. The van der Waals surface area contributed by atoms with Gasteiger partial charge in [0, 0.05) is 11.8 Å². The first kappa shape index (κ1) is 12.3. The number of carbonyl (C=O) groups is 1. The van der Waals surface area contributed by atoms with Crippen LogP contribution in [0.3, 0.4) is 0 Å². The molecule has 0 radical (unpaired) electrons. The summed E-state index contributed by atoms with van der Waals surface area (Å²) in [6, 6.07) is 12.4. The van der Waals surface area contributed by atoms with Crippen LogP contribution in [0.1, 0.15) is 10.4 Å². The molecule has 1 aliphatic rings. The molecule has 2 aromatic carbocycles. The fourth-order valence-electron chi connectivity index (χ4n) is 2.01. The molecule has 102 valence electrons. The maximum absolute atomic E-state index is 12.3. The largest absolute Gasteiger partial charge is 0.497 e. The van der Waals surface area contributed by atoms with E-state index in [1.807, 2.05) is 12.1 Å². The topological polar surface area (TPSA) is 56.8 Å². The lowest BCUT2D eigenvalue weighted by atomic mass is 10.1. The highest BCUT2D eigenvalue weighted by Gasteiger charge is 2.21. The Balaban J connectivity index is 1.85. The van der Waals surface area contributed by atoms with Crippen molar-refractivity contribution in [2.24, 2.45) is 0 Å². The zero-order valence-electron chi connectivity index (χ0n) is 10.9. The number of nitrogens with one attached hydrogen (secondary N) is 1. The van der Waals surface area contributed by atoms with Crippen molar-refractivity contribution in [3.8, 4) is 17.2 Å². The van der Waals surface area contributed by atoms with Gasteiger partial charge in [-0.05, 0) is 24.3 Å². The molecule has 2 aromatic rings. The van der Waals surface area contributed by atoms with Crippen molar-refractivity contribution in [2.45, 2.75) is 0 Å². The Bertz CT molecular complexity index is 654. The monoisotopic (exact) mass is 271 g/mol. The molecule has 5 heteroatoms. The van der Waals surface area contributed by atoms with E-state index in [0.717, 1.165) is 0 Å². The summed E-state index contributed by atoms with van der Waals surface area (Å²) in [6.45, 7) is 0.138. The molecular weight excluding hydrogens is 258 g/mol. The quantitative estimate of drug-likeness (QED) is 0.932. The van der Waals surface area contributed by atoms with Gasteiger partial charge in [-0.15, -0.1) is 0 Å². The van der Waals surface area contributed by atoms with Gasteiger partial charge >= 0.3 is 0 Å². The molecule has 0 aromatic heterocycles. The molecule has 0 unspecified atom stereocenters. The van der Waals surface area contributed by atoms with Crippen molar-refractivity contribution < 1.29 is 19.0 Å². The summed E-state index contributed by atoms with van der Waals surface area (Å²) in [5, 5.41) is 2.81.